The number of thioether (sulfide) groups is 1. The Morgan fingerprint density at radius 2 is 2.00 bits per heavy atom. The van der Waals surface area contributed by atoms with Gasteiger partial charge in [0, 0.05) is 17.3 Å². The summed E-state index contributed by atoms with van der Waals surface area (Å²) in [4.78, 5) is 9.52. The highest BCUT2D eigenvalue weighted by Gasteiger charge is 2.09. The molecule has 0 spiro atoms. The van der Waals surface area contributed by atoms with E-state index in [0.717, 1.165) is 17.0 Å². The molecular weight excluding hydrogens is 230 g/mol. The zero-order chi connectivity index (χ0) is 12.1. The van der Waals surface area contributed by atoms with Gasteiger partial charge in [-0.1, -0.05) is 19.1 Å². The molecule has 2 N–H and O–H groups in total. The molecule has 0 amide bonds. The van der Waals surface area contributed by atoms with Crippen molar-refractivity contribution in [3.8, 4) is 0 Å². The fourth-order valence-corrected chi connectivity index (χ4v) is 2.24. The Morgan fingerprint density at radius 1 is 1.24 bits per heavy atom. The van der Waals surface area contributed by atoms with Crippen LogP contribution in [-0.4, -0.2) is 15.7 Å². The molecule has 1 unspecified atom stereocenters. The van der Waals surface area contributed by atoms with Gasteiger partial charge in [-0.3, -0.25) is 9.97 Å². The Bertz CT molecular complexity index is 456. The quantitative estimate of drug-likeness (QED) is 0.841. The highest BCUT2D eigenvalue weighted by molar-refractivity contribution is 7.99. The molecule has 17 heavy (non-hydrogen) atoms. The van der Waals surface area contributed by atoms with Gasteiger partial charge in [-0.2, -0.15) is 0 Å². The first kappa shape index (κ1) is 12.1. The predicted octanol–water partition coefficient (Wildman–Crippen LogP) is 2.64. The molecule has 1 atom stereocenters. The molecule has 3 nitrogen and oxygen atoms in total. The number of rotatable bonds is 4. The topological polar surface area (TPSA) is 51.8 Å². The molecule has 0 fully saturated rings. The number of nitrogens with two attached hydrogens (primary N) is 1. The van der Waals surface area contributed by atoms with Crippen LogP contribution in [0.1, 0.15) is 24.2 Å². The second-order valence-corrected chi connectivity index (χ2v) is 4.95. The van der Waals surface area contributed by atoms with Crippen LogP contribution in [0.25, 0.3) is 0 Å². The van der Waals surface area contributed by atoms with E-state index in [2.05, 4.69) is 41.2 Å². The lowest BCUT2D eigenvalue weighted by atomic mass is 10.1. The summed E-state index contributed by atoms with van der Waals surface area (Å²) in [5.74, 6) is 1.08. The Morgan fingerprint density at radius 3 is 2.59 bits per heavy atom. The summed E-state index contributed by atoms with van der Waals surface area (Å²) in [6.07, 6.45) is 5.02. The van der Waals surface area contributed by atoms with Crippen molar-refractivity contribution in [2.75, 3.05) is 5.75 Å². The summed E-state index contributed by atoms with van der Waals surface area (Å²) >= 11 is 1.82. The lowest BCUT2D eigenvalue weighted by molar-refractivity contribution is 0.816. The number of benzene rings is 1. The lowest BCUT2D eigenvalue weighted by Gasteiger charge is -2.11. The molecule has 1 aromatic carbocycles. The molecule has 2 aromatic rings. The maximum Gasteiger partial charge on any atom is 0.0799 e. The van der Waals surface area contributed by atoms with Gasteiger partial charge in [0.05, 0.1) is 17.9 Å². The second-order valence-electron chi connectivity index (χ2n) is 3.61. The van der Waals surface area contributed by atoms with Gasteiger partial charge >= 0.3 is 0 Å². The summed E-state index contributed by atoms with van der Waals surface area (Å²) in [5, 5.41) is 0. The average molecular weight is 245 g/mol. The normalized spacial score (nSPS) is 12.4. The minimum absolute atomic E-state index is 0.204. The highest BCUT2D eigenvalue weighted by atomic mass is 32.2. The van der Waals surface area contributed by atoms with Crippen LogP contribution in [0.5, 0.6) is 0 Å². The fourth-order valence-electron chi connectivity index (χ4n) is 1.58. The van der Waals surface area contributed by atoms with Crippen LogP contribution in [0, 0.1) is 0 Å². The van der Waals surface area contributed by atoms with Crippen LogP contribution in [0.2, 0.25) is 0 Å². The minimum atomic E-state index is -0.204. The lowest BCUT2D eigenvalue weighted by Crippen LogP contribution is -2.13. The third-order valence-electron chi connectivity index (χ3n) is 2.45. The van der Waals surface area contributed by atoms with E-state index in [1.807, 2.05) is 11.8 Å². The molecular formula is C13H15N3S. The summed E-state index contributed by atoms with van der Waals surface area (Å²) in [6, 6.07) is 8.10. The van der Waals surface area contributed by atoms with E-state index in [1.54, 1.807) is 18.6 Å². The maximum atomic E-state index is 6.13. The number of hydrogen-bond donors (Lipinski definition) is 1. The molecule has 0 aliphatic carbocycles. The van der Waals surface area contributed by atoms with Crippen molar-refractivity contribution in [1.29, 1.82) is 0 Å². The molecule has 0 aliphatic rings. The largest absolute Gasteiger partial charge is 0.319 e. The van der Waals surface area contributed by atoms with Crippen molar-refractivity contribution in [3.63, 3.8) is 0 Å². The first-order valence-electron chi connectivity index (χ1n) is 5.55. The molecule has 0 radical (unpaired) electrons. The summed E-state index contributed by atoms with van der Waals surface area (Å²) in [7, 11) is 0. The molecule has 0 saturated carbocycles. The van der Waals surface area contributed by atoms with E-state index >= 15 is 0 Å². The zero-order valence-electron chi connectivity index (χ0n) is 9.71. The van der Waals surface area contributed by atoms with Crippen molar-refractivity contribution < 1.29 is 0 Å². The van der Waals surface area contributed by atoms with Gasteiger partial charge in [0.1, 0.15) is 0 Å². The standard InChI is InChI=1S/C13H15N3S/c1-2-17-11-5-3-10(4-6-11)13(14)12-9-15-7-8-16-12/h3-9,13H,2,14H2,1H3. The highest BCUT2D eigenvalue weighted by Crippen LogP contribution is 2.22. The van der Waals surface area contributed by atoms with E-state index in [0.29, 0.717) is 0 Å². The number of nitrogens with zero attached hydrogens (tertiary/aromatic N) is 2. The molecule has 1 heterocycles. The third kappa shape index (κ3) is 3.05. The Kier molecular flexibility index (Phi) is 4.12. The van der Waals surface area contributed by atoms with Crippen LogP contribution < -0.4 is 5.73 Å². The molecule has 2 rings (SSSR count). The van der Waals surface area contributed by atoms with E-state index in [9.17, 15) is 0 Å². The van der Waals surface area contributed by atoms with Crippen LogP contribution in [0.4, 0.5) is 0 Å². The van der Waals surface area contributed by atoms with Gasteiger partial charge < -0.3 is 5.73 Å². The minimum Gasteiger partial charge on any atom is -0.319 e. The predicted molar refractivity (Wildman–Crippen MR) is 70.9 cm³/mol. The monoisotopic (exact) mass is 245 g/mol. The van der Waals surface area contributed by atoms with Crippen LogP contribution in [0.3, 0.4) is 0 Å². The van der Waals surface area contributed by atoms with Crippen molar-refractivity contribution in [1.82, 2.24) is 9.97 Å². The second kappa shape index (κ2) is 5.80. The van der Waals surface area contributed by atoms with Gasteiger partial charge in [0.2, 0.25) is 0 Å². The van der Waals surface area contributed by atoms with Gasteiger partial charge in [-0.15, -0.1) is 11.8 Å². The third-order valence-corrected chi connectivity index (χ3v) is 3.35. The van der Waals surface area contributed by atoms with Crippen molar-refractivity contribution in [3.05, 3.63) is 54.1 Å². The van der Waals surface area contributed by atoms with Crippen LogP contribution >= 0.6 is 11.8 Å². The van der Waals surface area contributed by atoms with E-state index in [1.165, 1.54) is 4.90 Å². The maximum absolute atomic E-state index is 6.13. The summed E-state index contributed by atoms with van der Waals surface area (Å²) in [5.41, 5.74) is 7.99. The molecule has 4 heteroatoms. The van der Waals surface area contributed by atoms with Gasteiger partial charge in [0.25, 0.3) is 0 Å². The molecule has 88 valence electrons. The SMILES string of the molecule is CCSc1ccc(C(N)c2cnccn2)cc1. The molecule has 0 bridgehead atoms. The van der Waals surface area contributed by atoms with Gasteiger partial charge in [0.15, 0.2) is 0 Å². The van der Waals surface area contributed by atoms with E-state index in [4.69, 9.17) is 5.73 Å². The Hall–Kier alpha value is -1.39. The molecule has 0 saturated heterocycles. The first-order valence-corrected chi connectivity index (χ1v) is 6.54. The Labute approximate surface area is 105 Å². The van der Waals surface area contributed by atoms with Crippen molar-refractivity contribution >= 4 is 11.8 Å². The van der Waals surface area contributed by atoms with Crippen molar-refractivity contribution in [2.45, 2.75) is 17.9 Å². The number of aromatic nitrogens is 2. The molecule has 1 aromatic heterocycles. The van der Waals surface area contributed by atoms with Gasteiger partial charge in [-0.25, -0.2) is 0 Å². The van der Waals surface area contributed by atoms with E-state index < -0.39 is 0 Å². The summed E-state index contributed by atoms with van der Waals surface area (Å²) in [6.45, 7) is 2.14. The average Bonchev–Trinajstić information content (AvgIpc) is 2.40. The Balaban J connectivity index is 2.17. The van der Waals surface area contributed by atoms with Crippen molar-refractivity contribution in [2.24, 2.45) is 5.73 Å². The van der Waals surface area contributed by atoms with Crippen LogP contribution in [0.15, 0.2) is 47.8 Å². The smallest absolute Gasteiger partial charge is 0.0799 e. The van der Waals surface area contributed by atoms with Crippen LogP contribution in [-0.2, 0) is 0 Å². The molecule has 0 aliphatic heterocycles. The van der Waals surface area contributed by atoms with E-state index in [-0.39, 0.29) is 6.04 Å². The summed E-state index contributed by atoms with van der Waals surface area (Å²) < 4.78 is 0. The fraction of sp³-hybridized carbons (Fsp3) is 0.231. The first-order chi connectivity index (χ1) is 8.31. The van der Waals surface area contributed by atoms with Gasteiger partial charge in [-0.05, 0) is 23.4 Å². The number of hydrogen-bond acceptors (Lipinski definition) is 4. The zero-order valence-corrected chi connectivity index (χ0v) is 10.5.